The number of carbonyl (C=O) groups is 2. The van der Waals surface area contributed by atoms with Gasteiger partial charge in [0, 0.05) is 4.47 Å². The number of hydrogen-bond acceptors (Lipinski definition) is 3. The Morgan fingerprint density at radius 3 is 2.74 bits per heavy atom. The molecule has 0 radical (unpaired) electrons. The van der Waals surface area contributed by atoms with Gasteiger partial charge >= 0.3 is 5.97 Å². The third-order valence-electron chi connectivity index (χ3n) is 2.92. The first-order valence-corrected chi connectivity index (χ1v) is 6.89. The van der Waals surface area contributed by atoms with Gasteiger partial charge < -0.3 is 15.7 Å². The first-order valence-electron chi connectivity index (χ1n) is 6.10. The van der Waals surface area contributed by atoms with Crippen molar-refractivity contribution >= 4 is 33.5 Å². The quantitative estimate of drug-likeness (QED) is 0.748. The lowest BCUT2D eigenvalue weighted by molar-refractivity contribution is -0.115. The van der Waals surface area contributed by atoms with Crippen molar-refractivity contribution in [2.45, 2.75) is 12.8 Å². The Kier molecular flexibility index (Phi) is 4.55. The molecule has 0 spiro atoms. The van der Waals surface area contributed by atoms with Crippen LogP contribution in [-0.4, -0.2) is 30.1 Å². The fraction of sp³-hybridized carbons (Fsp3) is 0.385. The van der Waals surface area contributed by atoms with Crippen LogP contribution in [0.1, 0.15) is 23.2 Å². The normalized spacial score (nSPS) is 14.2. The van der Waals surface area contributed by atoms with E-state index in [1.807, 2.05) is 0 Å². The van der Waals surface area contributed by atoms with Gasteiger partial charge in [-0.15, -0.1) is 0 Å². The predicted octanol–water partition coefficient (Wildman–Crippen LogP) is 2.09. The van der Waals surface area contributed by atoms with Crippen LogP contribution in [0.15, 0.2) is 22.7 Å². The summed E-state index contributed by atoms with van der Waals surface area (Å²) in [5.41, 5.74) is 0.373. The lowest BCUT2D eigenvalue weighted by atomic mass is 10.2. The Labute approximate surface area is 119 Å². The van der Waals surface area contributed by atoms with Crippen LogP contribution in [-0.2, 0) is 4.79 Å². The maximum Gasteiger partial charge on any atom is 0.337 e. The van der Waals surface area contributed by atoms with E-state index < -0.39 is 5.97 Å². The molecule has 0 heterocycles. The maximum atomic E-state index is 11.8. The highest BCUT2D eigenvalue weighted by molar-refractivity contribution is 9.10. The van der Waals surface area contributed by atoms with Crippen LogP contribution in [0.25, 0.3) is 0 Å². The minimum atomic E-state index is -1.07. The minimum Gasteiger partial charge on any atom is -0.478 e. The molecule has 1 amide bonds. The second-order valence-corrected chi connectivity index (χ2v) is 5.44. The third-order valence-corrected chi connectivity index (χ3v) is 3.58. The summed E-state index contributed by atoms with van der Waals surface area (Å²) < 4.78 is 0.558. The summed E-state index contributed by atoms with van der Waals surface area (Å²) in [6, 6.07) is 4.77. The van der Waals surface area contributed by atoms with Crippen LogP contribution in [0.3, 0.4) is 0 Å². The number of para-hydroxylation sites is 1. The number of nitrogens with one attached hydrogen (secondary N) is 2. The molecule has 0 saturated heterocycles. The number of carboxylic acid groups (broad SMARTS) is 1. The van der Waals surface area contributed by atoms with Crippen molar-refractivity contribution in [2.75, 3.05) is 18.4 Å². The van der Waals surface area contributed by atoms with Gasteiger partial charge in [0.25, 0.3) is 0 Å². The lowest BCUT2D eigenvalue weighted by Gasteiger charge is -2.11. The number of carboxylic acids is 1. The van der Waals surface area contributed by atoms with E-state index in [1.54, 1.807) is 12.1 Å². The van der Waals surface area contributed by atoms with E-state index in [0.29, 0.717) is 16.1 Å². The van der Waals surface area contributed by atoms with Crippen LogP contribution in [0.5, 0.6) is 0 Å². The van der Waals surface area contributed by atoms with Crippen molar-refractivity contribution in [1.29, 1.82) is 0 Å². The number of rotatable bonds is 6. The number of benzene rings is 1. The first-order chi connectivity index (χ1) is 9.08. The van der Waals surface area contributed by atoms with E-state index in [2.05, 4.69) is 26.6 Å². The van der Waals surface area contributed by atoms with Crippen molar-refractivity contribution in [3.05, 3.63) is 28.2 Å². The van der Waals surface area contributed by atoms with Gasteiger partial charge in [-0.2, -0.15) is 0 Å². The molecule has 1 aliphatic carbocycles. The molecule has 19 heavy (non-hydrogen) atoms. The van der Waals surface area contributed by atoms with Crippen molar-refractivity contribution in [3.8, 4) is 0 Å². The number of amides is 1. The van der Waals surface area contributed by atoms with Gasteiger partial charge in [-0.05, 0) is 53.4 Å². The van der Waals surface area contributed by atoms with Crippen LogP contribution in [0.2, 0.25) is 0 Å². The molecule has 0 unspecified atom stereocenters. The van der Waals surface area contributed by atoms with Gasteiger partial charge in [-0.3, -0.25) is 4.79 Å². The maximum absolute atomic E-state index is 11.8. The second kappa shape index (κ2) is 6.16. The van der Waals surface area contributed by atoms with Crippen LogP contribution < -0.4 is 10.6 Å². The fourth-order valence-corrected chi connectivity index (χ4v) is 2.19. The molecule has 0 aromatic heterocycles. The van der Waals surface area contributed by atoms with E-state index in [1.165, 1.54) is 18.9 Å². The summed E-state index contributed by atoms with van der Waals surface area (Å²) in [4.78, 5) is 22.8. The summed E-state index contributed by atoms with van der Waals surface area (Å²) in [5.74, 6) is -0.608. The van der Waals surface area contributed by atoms with Gasteiger partial charge in [-0.25, -0.2) is 4.79 Å². The zero-order valence-electron chi connectivity index (χ0n) is 10.3. The zero-order chi connectivity index (χ0) is 13.8. The second-order valence-electron chi connectivity index (χ2n) is 4.59. The van der Waals surface area contributed by atoms with Crippen LogP contribution in [0, 0.1) is 5.92 Å². The molecule has 6 heteroatoms. The Bertz CT molecular complexity index is 501. The van der Waals surface area contributed by atoms with Crippen molar-refractivity contribution in [3.63, 3.8) is 0 Å². The van der Waals surface area contributed by atoms with Crippen molar-refractivity contribution in [1.82, 2.24) is 5.32 Å². The molecule has 5 nitrogen and oxygen atoms in total. The zero-order valence-corrected chi connectivity index (χ0v) is 11.9. The summed E-state index contributed by atoms with van der Waals surface area (Å²) >= 11 is 3.25. The molecule has 2 rings (SSSR count). The molecule has 1 aromatic rings. The Hall–Kier alpha value is -1.40. The lowest BCUT2D eigenvalue weighted by Crippen LogP contribution is -2.30. The Morgan fingerprint density at radius 2 is 2.11 bits per heavy atom. The largest absolute Gasteiger partial charge is 0.478 e. The molecular weight excluding hydrogens is 312 g/mol. The average Bonchev–Trinajstić information content (AvgIpc) is 3.15. The molecule has 0 bridgehead atoms. The van der Waals surface area contributed by atoms with Gasteiger partial charge in [-0.1, -0.05) is 6.07 Å². The number of anilines is 1. The van der Waals surface area contributed by atoms with E-state index in [4.69, 9.17) is 5.11 Å². The van der Waals surface area contributed by atoms with Gasteiger partial charge in [0.2, 0.25) is 5.91 Å². The topological polar surface area (TPSA) is 78.4 Å². The highest BCUT2D eigenvalue weighted by Gasteiger charge is 2.21. The number of halogens is 1. The van der Waals surface area contributed by atoms with E-state index in [0.717, 1.165) is 6.54 Å². The van der Waals surface area contributed by atoms with E-state index >= 15 is 0 Å². The first kappa shape index (κ1) is 14.0. The fourth-order valence-electron chi connectivity index (χ4n) is 1.72. The van der Waals surface area contributed by atoms with Gasteiger partial charge in [0.05, 0.1) is 17.8 Å². The number of aromatic carboxylic acids is 1. The average molecular weight is 327 g/mol. The molecule has 3 N–H and O–H groups in total. The molecule has 102 valence electrons. The van der Waals surface area contributed by atoms with Gasteiger partial charge in [0.1, 0.15) is 0 Å². The SMILES string of the molecule is O=C(CNCC1CC1)Nc1c(Br)cccc1C(=O)O. The molecule has 1 aromatic carbocycles. The van der Waals surface area contributed by atoms with Gasteiger partial charge in [0.15, 0.2) is 0 Å². The predicted molar refractivity (Wildman–Crippen MR) is 75.3 cm³/mol. The summed E-state index contributed by atoms with van der Waals surface area (Å²) in [6.45, 7) is 1.03. The van der Waals surface area contributed by atoms with Crippen LogP contribution >= 0.6 is 15.9 Å². The van der Waals surface area contributed by atoms with Crippen molar-refractivity contribution < 1.29 is 14.7 Å². The highest BCUT2D eigenvalue weighted by Crippen LogP contribution is 2.28. The highest BCUT2D eigenvalue weighted by atomic mass is 79.9. The van der Waals surface area contributed by atoms with E-state index in [9.17, 15) is 9.59 Å². The summed E-state index contributed by atoms with van der Waals surface area (Å²) in [6.07, 6.45) is 2.45. The van der Waals surface area contributed by atoms with E-state index in [-0.39, 0.29) is 18.0 Å². The van der Waals surface area contributed by atoms with Crippen molar-refractivity contribution in [2.24, 2.45) is 5.92 Å². The molecule has 1 saturated carbocycles. The molecule has 1 aliphatic rings. The minimum absolute atomic E-state index is 0.0740. The number of hydrogen-bond donors (Lipinski definition) is 3. The number of carbonyl (C=O) groups excluding carboxylic acids is 1. The monoisotopic (exact) mass is 326 g/mol. The van der Waals surface area contributed by atoms with Crippen LogP contribution in [0.4, 0.5) is 5.69 Å². The Balaban J connectivity index is 1.96. The summed E-state index contributed by atoms with van der Waals surface area (Å²) in [7, 11) is 0. The molecular formula is C13H15BrN2O3. The Morgan fingerprint density at radius 1 is 1.37 bits per heavy atom. The smallest absolute Gasteiger partial charge is 0.337 e. The molecule has 0 aliphatic heterocycles. The molecule has 1 fully saturated rings. The third kappa shape index (κ3) is 4.04. The molecule has 0 atom stereocenters. The summed E-state index contributed by atoms with van der Waals surface area (Å²) in [5, 5.41) is 14.8. The standard InChI is InChI=1S/C13H15BrN2O3/c14-10-3-1-2-9(13(18)19)12(10)16-11(17)7-15-6-8-4-5-8/h1-3,8,15H,4-7H2,(H,16,17)(H,18,19).